The van der Waals surface area contributed by atoms with E-state index in [9.17, 15) is 20.1 Å². The summed E-state index contributed by atoms with van der Waals surface area (Å²) in [5.41, 5.74) is 0. The molecule has 9 heteroatoms. The van der Waals surface area contributed by atoms with Crippen LogP contribution < -0.4 is 0 Å². The zero-order chi connectivity index (χ0) is 16.3. The highest BCUT2D eigenvalue weighted by atomic mass is 32.1. The number of hydrogen-bond acceptors (Lipinski definition) is 8. The van der Waals surface area contributed by atoms with Crippen LogP contribution in [0.2, 0.25) is 0 Å². The Morgan fingerprint density at radius 2 is 2.05 bits per heavy atom. The van der Waals surface area contributed by atoms with Gasteiger partial charge < -0.3 is 35.0 Å². The van der Waals surface area contributed by atoms with E-state index in [4.69, 9.17) is 19.7 Å². The molecule has 22 heavy (non-hydrogen) atoms. The van der Waals surface area contributed by atoms with Crippen LogP contribution in [0.25, 0.3) is 6.08 Å². The van der Waals surface area contributed by atoms with Crippen LogP contribution in [-0.2, 0) is 14.3 Å². The summed E-state index contributed by atoms with van der Waals surface area (Å²) in [6, 6.07) is 3.40. The number of aliphatic carboxylic acids is 1. The van der Waals surface area contributed by atoms with Crippen molar-refractivity contribution in [2.75, 3.05) is 6.61 Å². The Hall–Kier alpha value is -1.49. The van der Waals surface area contributed by atoms with Crippen molar-refractivity contribution in [3.8, 4) is 0 Å². The van der Waals surface area contributed by atoms with E-state index in [1.165, 1.54) is 17.4 Å². The third-order valence-electron chi connectivity index (χ3n) is 3.12. The smallest absolute Gasteiger partial charge is 0.371 e. The molecule has 1 fully saturated rings. The second kappa shape index (κ2) is 7.18. The summed E-state index contributed by atoms with van der Waals surface area (Å²) in [6.07, 6.45) is -6.28. The molecule has 0 spiro atoms. The van der Waals surface area contributed by atoms with Crippen LogP contribution in [0.5, 0.6) is 0 Å². The molecule has 8 nitrogen and oxygen atoms in total. The van der Waals surface area contributed by atoms with Crippen molar-refractivity contribution < 1.29 is 39.8 Å². The SMILES string of the molecule is O=C(O)/C(=C\c1cccs1)O[C@H]1O[C@@H](CO)[C@H](O)[C@H](O)[C@H]1O. The molecular weight excluding hydrogens is 316 g/mol. The normalized spacial score (nSPS) is 32.7. The van der Waals surface area contributed by atoms with Crippen molar-refractivity contribution in [2.24, 2.45) is 0 Å². The van der Waals surface area contributed by atoms with E-state index in [0.717, 1.165) is 0 Å². The second-order valence-corrected chi connectivity index (χ2v) is 5.62. The Kier molecular flexibility index (Phi) is 5.51. The lowest BCUT2D eigenvalue weighted by molar-refractivity contribution is -0.291. The largest absolute Gasteiger partial charge is 0.475 e. The Bertz CT molecular complexity index is 526. The van der Waals surface area contributed by atoms with E-state index in [1.807, 2.05) is 0 Å². The summed E-state index contributed by atoms with van der Waals surface area (Å²) in [5, 5.41) is 49.1. The van der Waals surface area contributed by atoms with Gasteiger partial charge in [-0.2, -0.15) is 0 Å². The van der Waals surface area contributed by atoms with Crippen molar-refractivity contribution in [1.29, 1.82) is 0 Å². The monoisotopic (exact) mass is 332 g/mol. The fraction of sp³-hybridized carbons (Fsp3) is 0.462. The minimum absolute atomic E-state index is 0.494. The van der Waals surface area contributed by atoms with Crippen LogP contribution >= 0.6 is 11.3 Å². The molecule has 1 aliphatic heterocycles. The zero-order valence-corrected chi connectivity index (χ0v) is 12.1. The van der Waals surface area contributed by atoms with Crippen LogP contribution in [0, 0.1) is 0 Å². The maximum absolute atomic E-state index is 11.2. The number of ether oxygens (including phenoxy) is 2. The molecule has 0 aromatic carbocycles. The van der Waals surface area contributed by atoms with Gasteiger partial charge in [0, 0.05) is 11.0 Å². The molecule has 0 amide bonds. The van der Waals surface area contributed by atoms with Crippen molar-refractivity contribution in [2.45, 2.75) is 30.7 Å². The standard InChI is InChI=1S/C13H16O8S/c14-5-8-9(15)10(16)11(17)13(21-8)20-7(12(18)19)4-6-2-1-3-22-6/h1-4,8-11,13-17H,5H2,(H,18,19)/b7-4+/t8-,9-,10-,11+,13-/m0/s1. The maximum Gasteiger partial charge on any atom is 0.371 e. The van der Waals surface area contributed by atoms with E-state index < -0.39 is 49.0 Å². The molecule has 5 N–H and O–H groups in total. The lowest BCUT2D eigenvalue weighted by atomic mass is 9.99. The van der Waals surface area contributed by atoms with Gasteiger partial charge in [-0.1, -0.05) is 6.07 Å². The fourth-order valence-electron chi connectivity index (χ4n) is 1.94. The van der Waals surface area contributed by atoms with Crippen molar-refractivity contribution in [1.82, 2.24) is 0 Å². The predicted octanol–water partition coefficient (Wildman–Crippen LogP) is -1.01. The molecule has 0 radical (unpaired) electrons. The summed E-state index contributed by atoms with van der Waals surface area (Å²) in [5.74, 6) is -1.88. The number of aliphatic hydroxyl groups excluding tert-OH is 4. The van der Waals surface area contributed by atoms with Gasteiger partial charge in [0.25, 0.3) is 0 Å². The minimum atomic E-state index is -1.66. The van der Waals surface area contributed by atoms with Crippen LogP contribution in [0.1, 0.15) is 4.88 Å². The van der Waals surface area contributed by atoms with Gasteiger partial charge in [0.1, 0.15) is 24.4 Å². The van der Waals surface area contributed by atoms with E-state index in [-0.39, 0.29) is 0 Å². The minimum Gasteiger partial charge on any atom is -0.475 e. The average Bonchev–Trinajstić information content (AvgIpc) is 2.99. The Labute approximate surface area is 129 Å². The first-order valence-corrected chi connectivity index (χ1v) is 7.27. The first kappa shape index (κ1) is 16.9. The molecule has 5 atom stereocenters. The zero-order valence-electron chi connectivity index (χ0n) is 11.3. The molecular formula is C13H16O8S. The first-order chi connectivity index (χ1) is 10.4. The second-order valence-electron chi connectivity index (χ2n) is 4.64. The molecule has 0 aliphatic carbocycles. The summed E-state index contributed by atoms with van der Waals surface area (Å²) in [4.78, 5) is 11.8. The van der Waals surface area contributed by atoms with Gasteiger partial charge in [0.15, 0.2) is 0 Å². The molecule has 1 saturated heterocycles. The van der Waals surface area contributed by atoms with Gasteiger partial charge >= 0.3 is 5.97 Å². The average molecular weight is 332 g/mol. The Morgan fingerprint density at radius 1 is 1.32 bits per heavy atom. The third kappa shape index (κ3) is 3.64. The van der Waals surface area contributed by atoms with E-state index in [2.05, 4.69) is 0 Å². The number of rotatable bonds is 5. The molecule has 1 aromatic heterocycles. The number of carboxylic acid groups (broad SMARTS) is 1. The molecule has 2 heterocycles. The Balaban J connectivity index is 2.17. The van der Waals surface area contributed by atoms with Gasteiger partial charge in [0.05, 0.1) is 6.61 Å². The fourth-order valence-corrected chi connectivity index (χ4v) is 2.59. The van der Waals surface area contributed by atoms with Gasteiger partial charge in [-0.25, -0.2) is 4.79 Å². The lowest BCUT2D eigenvalue weighted by Gasteiger charge is -2.39. The van der Waals surface area contributed by atoms with Crippen LogP contribution in [0.3, 0.4) is 0 Å². The quantitative estimate of drug-likeness (QED) is 0.342. The van der Waals surface area contributed by atoms with Gasteiger partial charge in [-0.15, -0.1) is 11.3 Å². The summed E-state index contributed by atoms with van der Waals surface area (Å²) in [7, 11) is 0. The number of hydrogen-bond donors (Lipinski definition) is 5. The number of aliphatic hydroxyl groups is 4. The molecule has 1 aromatic rings. The van der Waals surface area contributed by atoms with Gasteiger partial charge in [-0.05, 0) is 11.4 Å². The van der Waals surface area contributed by atoms with Crippen LogP contribution in [0.4, 0.5) is 0 Å². The molecule has 1 aliphatic rings. The van der Waals surface area contributed by atoms with Crippen LogP contribution in [0.15, 0.2) is 23.3 Å². The first-order valence-electron chi connectivity index (χ1n) is 6.39. The molecule has 0 saturated carbocycles. The highest BCUT2D eigenvalue weighted by Crippen LogP contribution is 2.25. The maximum atomic E-state index is 11.2. The predicted molar refractivity (Wildman–Crippen MR) is 74.8 cm³/mol. The van der Waals surface area contributed by atoms with Crippen molar-refractivity contribution in [3.63, 3.8) is 0 Å². The molecule has 0 unspecified atom stereocenters. The summed E-state index contributed by atoms with van der Waals surface area (Å²) in [6.45, 7) is -0.623. The highest BCUT2D eigenvalue weighted by Gasteiger charge is 2.45. The Morgan fingerprint density at radius 3 is 2.59 bits per heavy atom. The van der Waals surface area contributed by atoms with Gasteiger partial charge in [-0.3, -0.25) is 0 Å². The van der Waals surface area contributed by atoms with E-state index in [0.29, 0.717) is 4.88 Å². The van der Waals surface area contributed by atoms with Gasteiger partial charge in [0.2, 0.25) is 12.0 Å². The summed E-state index contributed by atoms with van der Waals surface area (Å²) >= 11 is 1.29. The topological polar surface area (TPSA) is 137 Å². The third-order valence-corrected chi connectivity index (χ3v) is 3.94. The van der Waals surface area contributed by atoms with E-state index >= 15 is 0 Å². The van der Waals surface area contributed by atoms with Crippen LogP contribution in [-0.4, -0.2) is 68.8 Å². The number of carbonyl (C=O) groups is 1. The molecule has 2 rings (SSSR count). The lowest BCUT2D eigenvalue weighted by Crippen LogP contribution is -2.59. The number of thiophene rings is 1. The van der Waals surface area contributed by atoms with Crippen molar-refractivity contribution in [3.05, 3.63) is 28.1 Å². The van der Waals surface area contributed by atoms with E-state index in [1.54, 1.807) is 17.5 Å². The number of carboxylic acids is 1. The molecule has 122 valence electrons. The van der Waals surface area contributed by atoms with Crippen molar-refractivity contribution >= 4 is 23.4 Å². The molecule has 0 bridgehead atoms. The highest BCUT2D eigenvalue weighted by molar-refractivity contribution is 7.10. The summed E-state index contributed by atoms with van der Waals surface area (Å²) < 4.78 is 10.2.